The number of ether oxygens (including phenoxy) is 2. The van der Waals surface area contributed by atoms with Gasteiger partial charge in [0.15, 0.2) is 5.96 Å². The Labute approximate surface area is 177 Å². The predicted octanol–water partition coefficient (Wildman–Crippen LogP) is 3.85. The summed E-state index contributed by atoms with van der Waals surface area (Å²) in [7, 11) is 3.40. The van der Waals surface area contributed by atoms with E-state index in [4.69, 9.17) is 21.1 Å². The van der Waals surface area contributed by atoms with Crippen molar-refractivity contribution in [1.82, 2.24) is 10.6 Å². The Bertz CT molecular complexity index is 698. The molecule has 0 saturated carbocycles. The molecule has 0 saturated heterocycles. The highest BCUT2D eigenvalue weighted by Gasteiger charge is 2.03. The van der Waals surface area contributed by atoms with Crippen LogP contribution in [0.3, 0.4) is 0 Å². The van der Waals surface area contributed by atoms with Gasteiger partial charge in [0.25, 0.3) is 0 Å². The Morgan fingerprint density at radius 1 is 1.04 bits per heavy atom. The van der Waals surface area contributed by atoms with E-state index in [2.05, 4.69) is 15.6 Å². The molecule has 2 aromatic rings. The topological polar surface area (TPSA) is 54.9 Å². The SMILES string of the molecule is CN=C(NCc1cccc(OCCOC)c1)NCc1ccccc1Cl.I. The van der Waals surface area contributed by atoms with E-state index in [1.165, 1.54) is 0 Å². The molecule has 0 heterocycles. The minimum atomic E-state index is 0. The lowest BCUT2D eigenvalue weighted by Gasteiger charge is -2.13. The zero-order chi connectivity index (χ0) is 17.9. The molecule has 26 heavy (non-hydrogen) atoms. The molecule has 0 aliphatic rings. The Hall–Kier alpha value is -1.51. The number of methoxy groups -OCH3 is 1. The van der Waals surface area contributed by atoms with E-state index >= 15 is 0 Å². The highest BCUT2D eigenvalue weighted by Crippen LogP contribution is 2.14. The molecule has 0 atom stereocenters. The molecule has 0 bridgehead atoms. The van der Waals surface area contributed by atoms with Crippen LogP contribution in [-0.2, 0) is 17.8 Å². The lowest BCUT2D eigenvalue weighted by Crippen LogP contribution is -2.36. The van der Waals surface area contributed by atoms with Gasteiger partial charge in [-0.25, -0.2) is 0 Å². The van der Waals surface area contributed by atoms with E-state index in [0.717, 1.165) is 21.9 Å². The molecule has 0 aliphatic carbocycles. The van der Waals surface area contributed by atoms with Gasteiger partial charge < -0.3 is 20.1 Å². The third-order valence-corrected chi connectivity index (χ3v) is 3.91. The number of benzene rings is 2. The molecule has 0 unspecified atom stereocenters. The van der Waals surface area contributed by atoms with Crippen molar-refractivity contribution in [3.63, 3.8) is 0 Å². The number of nitrogens with one attached hydrogen (secondary N) is 2. The quantitative estimate of drug-likeness (QED) is 0.256. The normalized spacial score (nSPS) is 10.8. The largest absolute Gasteiger partial charge is 0.491 e. The monoisotopic (exact) mass is 489 g/mol. The van der Waals surface area contributed by atoms with Crippen molar-refractivity contribution < 1.29 is 9.47 Å². The summed E-state index contributed by atoms with van der Waals surface area (Å²) in [6.07, 6.45) is 0. The minimum absolute atomic E-state index is 0. The number of nitrogens with zero attached hydrogens (tertiary/aromatic N) is 1. The molecule has 0 aliphatic heterocycles. The van der Waals surface area contributed by atoms with Gasteiger partial charge in [0.2, 0.25) is 0 Å². The number of rotatable bonds is 8. The number of hydrogen-bond acceptors (Lipinski definition) is 3. The van der Waals surface area contributed by atoms with E-state index in [1.807, 2.05) is 48.5 Å². The highest BCUT2D eigenvalue weighted by atomic mass is 127. The van der Waals surface area contributed by atoms with E-state index in [9.17, 15) is 0 Å². The molecule has 0 fully saturated rings. The van der Waals surface area contributed by atoms with Crippen LogP contribution in [0.1, 0.15) is 11.1 Å². The average Bonchev–Trinajstić information content (AvgIpc) is 2.64. The van der Waals surface area contributed by atoms with Crippen molar-refractivity contribution in [2.24, 2.45) is 4.99 Å². The molecule has 142 valence electrons. The Balaban J connectivity index is 0.00000338. The zero-order valence-electron chi connectivity index (χ0n) is 15.0. The van der Waals surface area contributed by atoms with Crippen molar-refractivity contribution in [3.8, 4) is 5.75 Å². The molecule has 0 amide bonds. The number of halogens is 2. The summed E-state index contributed by atoms with van der Waals surface area (Å²) in [6.45, 7) is 2.36. The third kappa shape index (κ3) is 7.80. The molecular formula is C19H25ClIN3O2. The molecule has 2 rings (SSSR count). The molecule has 7 heteroatoms. The fourth-order valence-electron chi connectivity index (χ4n) is 2.22. The summed E-state index contributed by atoms with van der Waals surface area (Å²) in [4.78, 5) is 4.23. The maximum atomic E-state index is 6.17. The van der Waals surface area contributed by atoms with Gasteiger partial charge >= 0.3 is 0 Å². The van der Waals surface area contributed by atoms with Crippen molar-refractivity contribution in [2.75, 3.05) is 27.4 Å². The standard InChI is InChI=1S/C19H24ClN3O2.HI/c1-21-19(23-14-16-7-3-4-9-18(16)20)22-13-15-6-5-8-17(12-15)25-11-10-24-2;/h3-9,12H,10-11,13-14H2,1-2H3,(H2,21,22,23);1H. The van der Waals surface area contributed by atoms with Crippen LogP contribution in [0.2, 0.25) is 5.02 Å². The Morgan fingerprint density at radius 2 is 1.81 bits per heavy atom. The second-order valence-corrected chi connectivity index (χ2v) is 5.77. The molecule has 5 nitrogen and oxygen atoms in total. The molecular weight excluding hydrogens is 465 g/mol. The second kappa shape index (κ2) is 12.8. The first-order chi connectivity index (χ1) is 12.2. The fraction of sp³-hybridized carbons (Fsp3) is 0.316. The number of hydrogen-bond donors (Lipinski definition) is 2. The predicted molar refractivity (Wildman–Crippen MR) is 118 cm³/mol. The van der Waals surface area contributed by atoms with E-state index in [0.29, 0.717) is 32.3 Å². The first kappa shape index (κ1) is 22.5. The summed E-state index contributed by atoms with van der Waals surface area (Å²) in [6, 6.07) is 15.7. The van der Waals surface area contributed by atoms with Gasteiger partial charge in [-0.2, -0.15) is 0 Å². The average molecular weight is 490 g/mol. The van der Waals surface area contributed by atoms with Gasteiger partial charge in [0, 0.05) is 32.3 Å². The summed E-state index contributed by atoms with van der Waals surface area (Å²) in [5, 5.41) is 7.29. The van der Waals surface area contributed by atoms with E-state index in [1.54, 1.807) is 14.2 Å². The van der Waals surface area contributed by atoms with Crippen LogP contribution in [-0.4, -0.2) is 33.3 Å². The first-order valence-electron chi connectivity index (χ1n) is 8.11. The van der Waals surface area contributed by atoms with E-state index in [-0.39, 0.29) is 24.0 Å². The second-order valence-electron chi connectivity index (χ2n) is 5.36. The molecule has 2 N–H and O–H groups in total. The highest BCUT2D eigenvalue weighted by molar-refractivity contribution is 14.0. The first-order valence-corrected chi connectivity index (χ1v) is 8.49. The third-order valence-electron chi connectivity index (χ3n) is 3.54. The summed E-state index contributed by atoms with van der Waals surface area (Å²) in [5.74, 6) is 1.54. The molecule has 0 spiro atoms. The van der Waals surface area contributed by atoms with Crippen LogP contribution in [0.5, 0.6) is 5.75 Å². The molecule has 2 aromatic carbocycles. The zero-order valence-corrected chi connectivity index (χ0v) is 18.1. The Kier molecular flexibility index (Phi) is 11.1. The lowest BCUT2D eigenvalue weighted by molar-refractivity contribution is 0.146. The maximum absolute atomic E-state index is 6.17. The van der Waals surface area contributed by atoms with Crippen molar-refractivity contribution in [1.29, 1.82) is 0 Å². The molecule has 0 radical (unpaired) electrons. The van der Waals surface area contributed by atoms with E-state index < -0.39 is 0 Å². The van der Waals surface area contributed by atoms with Crippen molar-refractivity contribution in [3.05, 3.63) is 64.7 Å². The minimum Gasteiger partial charge on any atom is -0.491 e. The van der Waals surface area contributed by atoms with Crippen LogP contribution >= 0.6 is 35.6 Å². The fourth-order valence-corrected chi connectivity index (χ4v) is 2.42. The van der Waals surface area contributed by atoms with Crippen LogP contribution < -0.4 is 15.4 Å². The van der Waals surface area contributed by atoms with Gasteiger partial charge in [-0.1, -0.05) is 41.9 Å². The van der Waals surface area contributed by atoms with Gasteiger partial charge in [-0.15, -0.1) is 24.0 Å². The van der Waals surface area contributed by atoms with Gasteiger partial charge in [0.1, 0.15) is 12.4 Å². The van der Waals surface area contributed by atoms with Crippen LogP contribution in [0.4, 0.5) is 0 Å². The van der Waals surface area contributed by atoms with Gasteiger partial charge in [0.05, 0.1) is 6.61 Å². The van der Waals surface area contributed by atoms with Crippen LogP contribution in [0.15, 0.2) is 53.5 Å². The summed E-state index contributed by atoms with van der Waals surface area (Å²) in [5.41, 5.74) is 2.14. The van der Waals surface area contributed by atoms with Gasteiger partial charge in [-0.3, -0.25) is 4.99 Å². The maximum Gasteiger partial charge on any atom is 0.191 e. The lowest BCUT2D eigenvalue weighted by atomic mass is 10.2. The number of aliphatic imine (C=N–C) groups is 1. The van der Waals surface area contributed by atoms with Gasteiger partial charge in [-0.05, 0) is 29.3 Å². The van der Waals surface area contributed by atoms with Crippen LogP contribution in [0.25, 0.3) is 0 Å². The van der Waals surface area contributed by atoms with Crippen molar-refractivity contribution in [2.45, 2.75) is 13.1 Å². The number of guanidine groups is 1. The van der Waals surface area contributed by atoms with Crippen molar-refractivity contribution >= 4 is 41.5 Å². The summed E-state index contributed by atoms with van der Waals surface area (Å²) >= 11 is 6.17. The smallest absolute Gasteiger partial charge is 0.191 e. The molecule has 0 aromatic heterocycles. The Morgan fingerprint density at radius 3 is 2.54 bits per heavy atom. The summed E-state index contributed by atoms with van der Waals surface area (Å²) < 4.78 is 10.6. The van der Waals surface area contributed by atoms with Crippen LogP contribution in [0, 0.1) is 0 Å².